The van der Waals surface area contributed by atoms with Gasteiger partial charge in [0.2, 0.25) is 0 Å². The molecular formula is C18H24N2O2. The zero-order valence-corrected chi connectivity index (χ0v) is 13.4. The highest BCUT2D eigenvalue weighted by Crippen LogP contribution is 2.35. The Balaban J connectivity index is 0.000000693. The van der Waals surface area contributed by atoms with Crippen LogP contribution in [0.4, 0.5) is 5.69 Å². The molecular weight excluding hydrogens is 276 g/mol. The Morgan fingerprint density at radius 1 is 1.00 bits per heavy atom. The first-order valence-electron chi connectivity index (χ1n) is 8.23. The summed E-state index contributed by atoms with van der Waals surface area (Å²) in [5.74, 6) is -0.306. The van der Waals surface area contributed by atoms with Crippen molar-refractivity contribution in [2.45, 2.75) is 32.5 Å². The highest BCUT2D eigenvalue weighted by molar-refractivity contribution is 5.91. The van der Waals surface area contributed by atoms with Crippen LogP contribution < -0.4 is 4.90 Å². The number of anilines is 1. The van der Waals surface area contributed by atoms with Crippen molar-refractivity contribution in [3.05, 3.63) is 36.5 Å². The Kier molecular flexibility index (Phi) is 4.60. The van der Waals surface area contributed by atoms with Crippen molar-refractivity contribution in [3.8, 4) is 0 Å². The van der Waals surface area contributed by atoms with Gasteiger partial charge in [0.25, 0.3) is 0 Å². The lowest BCUT2D eigenvalue weighted by Gasteiger charge is -2.39. The molecule has 4 heteroatoms. The van der Waals surface area contributed by atoms with E-state index in [1.54, 1.807) is 0 Å². The number of hydrogen-bond donors (Lipinski definition) is 0. The minimum absolute atomic E-state index is 0.306. The van der Waals surface area contributed by atoms with E-state index in [1.807, 2.05) is 26.1 Å². The van der Waals surface area contributed by atoms with Crippen LogP contribution in [0, 0.1) is 0 Å². The van der Waals surface area contributed by atoms with Crippen molar-refractivity contribution in [2.24, 2.45) is 0 Å². The van der Waals surface area contributed by atoms with Gasteiger partial charge < -0.3 is 14.4 Å². The van der Waals surface area contributed by atoms with Crippen molar-refractivity contribution in [3.63, 3.8) is 0 Å². The third-order valence-electron chi connectivity index (χ3n) is 4.30. The minimum Gasteiger partial charge on any atom is -0.371 e. The van der Waals surface area contributed by atoms with Crippen LogP contribution in [-0.2, 0) is 9.47 Å². The average molecular weight is 300 g/mol. The van der Waals surface area contributed by atoms with Gasteiger partial charge in [0.1, 0.15) is 0 Å². The van der Waals surface area contributed by atoms with Gasteiger partial charge >= 0.3 is 0 Å². The highest BCUT2D eigenvalue weighted by Gasteiger charge is 2.39. The number of ether oxygens (including phenoxy) is 2. The third-order valence-corrected chi connectivity index (χ3v) is 4.30. The van der Waals surface area contributed by atoms with Crippen LogP contribution in [0.15, 0.2) is 36.5 Å². The average Bonchev–Trinajstić information content (AvgIpc) is 3.05. The maximum Gasteiger partial charge on any atom is 0.171 e. The molecule has 1 spiro atoms. The molecule has 2 aromatic rings. The Morgan fingerprint density at radius 2 is 1.73 bits per heavy atom. The number of aromatic nitrogens is 1. The molecule has 118 valence electrons. The van der Waals surface area contributed by atoms with E-state index in [1.165, 1.54) is 11.1 Å². The molecule has 0 atom stereocenters. The van der Waals surface area contributed by atoms with E-state index in [-0.39, 0.29) is 5.79 Å². The summed E-state index contributed by atoms with van der Waals surface area (Å²) in [6.45, 7) is 7.40. The summed E-state index contributed by atoms with van der Waals surface area (Å²) in [5.41, 5.74) is 2.32. The van der Waals surface area contributed by atoms with Crippen molar-refractivity contribution < 1.29 is 9.47 Å². The molecule has 1 aromatic heterocycles. The van der Waals surface area contributed by atoms with E-state index in [0.29, 0.717) is 0 Å². The quantitative estimate of drug-likeness (QED) is 0.806. The summed E-state index contributed by atoms with van der Waals surface area (Å²) < 4.78 is 11.6. The van der Waals surface area contributed by atoms with Crippen LogP contribution in [0.1, 0.15) is 26.7 Å². The second-order valence-corrected chi connectivity index (χ2v) is 5.44. The summed E-state index contributed by atoms with van der Waals surface area (Å²) in [5, 5.41) is 1.22. The molecule has 2 aliphatic rings. The first kappa shape index (κ1) is 15.3. The number of piperidine rings is 1. The van der Waals surface area contributed by atoms with Gasteiger partial charge in [-0.05, 0) is 24.3 Å². The molecule has 4 rings (SSSR count). The second-order valence-electron chi connectivity index (χ2n) is 5.44. The fraction of sp³-hybridized carbons (Fsp3) is 0.500. The van der Waals surface area contributed by atoms with Crippen LogP contribution >= 0.6 is 0 Å². The number of hydrogen-bond acceptors (Lipinski definition) is 4. The van der Waals surface area contributed by atoms with E-state index in [2.05, 4.69) is 34.1 Å². The number of pyridine rings is 1. The van der Waals surface area contributed by atoms with E-state index in [0.717, 1.165) is 44.7 Å². The zero-order chi connectivity index (χ0) is 15.4. The van der Waals surface area contributed by atoms with E-state index < -0.39 is 0 Å². The fourth-order valence-electron chi connectivity index (χ4n) is 3.24. The van der Waals surface area contributed by atoms with Crippen LogP contribution in [0.2, 0.25) is 0 Å². The standard InChI is InChI=1S/C16H18N2O2.C2H6/c1-4-14-13(3-2-8-17-14)15(5-1)18-9-6-16(7-10-18)19-11-12-20-16;1-2/h1-5,8H,6-7,9-12H2;1-2H3. The van der Waals surface area contributed by atoms with E-state index >= 15 is 0 Å². The molecule has 0 amide bonds. The monoisotopic (exact) mass is 300 g/mol. The predicted octanol–water partition coefficient (Wildman–Crippen LogP) is 3.60. The number of nitrogens with zero attached hydrogens (tertiary/aromatic N) is 2. The molecule has 2 aliphatic heterocycles. The Labute approximate surface area is 132 Å². The summed E-state index contributed by atoms with van der Waals surface area (Å²) in [4.78, 5) is 6.85. The van der Waals surface area contributed by atoms with Crippen molar-refractivity contribution >= 4 is 16.6 Å². The van der Waals surface area contributed by atoms with Gasteiger partial charge in [-0.2, -0.15) is 0 Å². The smallest absolute Gasteiger partial charge is 0.171 e. The lowest BCUT2D eigenvalue weighted by atomic mass is 10.0. The topological polar surface area (TPSA) is 34.6 Å². The molecule has 22 heavy (non-hydrogen) atoms. The Bertz CT molecular complexity index is 608. The van der Waals surface area contributed by atoms with E-state index in [4.69, 9.17) is 9.47 Å². The number of fused-ring (bicyclic) bond motifs is 1. The molecule has 0 radical (unpaired) electrons. The summed E-state index contributed by atoms with van der Waals surface area (Å²) in [6, 6.07) is 10.5. The van der Waals surface area contributed by atoms with Crippen LogP contribution in [0.25, 0.3) is 10.9 Å². The first-order valence-corrected chi connectivity index (χ1v) is 8.23. The molecule has 0 unspecified atom stereocenters. The minimum atomic E-state index is -0.306. The number of rotatable bonds is 1. The maximum absolute atomic E-state index is 5.79. The zero-order valence-electron chi connectivity index (χ0n) is 13.4. The lowest BCUT2D eigenvalue weighted by molar-refractivity contribution is -0.169. The fourth-order valence-corrected chi connectivity index (χ4v) is 3.24. The van der Waals surface area contributed by atoms with Crippen LogP contribution in [0.5, 0.6) is 0 Å². The van der Waals surface area contributed by atoms with Gasteiger partial charge in [-0.3, -0.25) is 4.98 Å². The molecule has 0 N–H and O–H groups in total. The van der Waals surface area contributed by atoms with Crippen molar-refractivity contribution in [1.82, 2.24) is 4.98 Å². The molecule has 3 heterocycles. The Hall–Kier alpha value is -1.65. The van der Waals surface area contributed by atoms with Crippen molar-refractivity contribution in [1.29, 1.82) is 0 Å². The van der Waals surface area contributed by atoms with Gasteiger partial charge in [-0.25, -0.2) is 0 Å². The largest absolute Gasteiger partial charge is 0.371 e. The first-order chi connectivity index (χ1) is 10.9. The number of benzene rings is 1. The predicted molar refractivity (Wildman–Crippen MR) is 89.2 cm³/mol. The molecule has 2 fully saturated rings. The molecule has 0 saturated carbocycles. The normalized spacial score (nSPS) is 20.0. The van der Waals surface area contributed by atoms with Crippen LogP contribution in [0.3, 0.4) is 0 Å². The Morgan fingerprint density at radius 3 is 2.45 bits per heavy atom. The summed E-state index contributed by atoms with van der Waals surface area (Å²) in [7, 11) is 0. The SMILES string of the molecule is CC.c1cc(N2CCC3(CC2)OCCO3)c2cccnc2c1. The van der Waals surface area contributed by atoms with Gasteiger partial charge in [-0.15, -0.1) is 0 Å². The lowest BCUT2D eigenvalue weighted by Crippen LogP contribution is -2.45. The van der Waals surface area contributed by atoms with Gasteiger partial charge in [-0.1, -0.05) is 19.9 Å². The summed E-state index contributed by atoms with van der Waals surface area (Å²) >= 11 is 0. The molecule has 2 saturated heterocycles. The summed E-state index contributed by atoms with van der Waals surface area (Å²) in [6.07, 6.45) is 3.71. The van der Waals surface area contributed by atoms with Gasteiger partial charge in [0.15, 0.2) is 5.79 Å². The molecule has 4 nitrogen and oxygen atoms in total. The van der Waals surface area contributed by atoms with Crippen molar-refractivity contribution in [2.75, 3.05) is 31.2 Å². The molecule has 0 aliphatic carbocycles. The maximum atomic E-state index is 5.79. The third kappa shape index (κ3) is 2.81. The molecule has 1 aromatic carbocycles. The van der Waals surface area contributed by atoms with Gasteiger partial charge in [0.05, 0.1) is 18.7 Å². The van der Waals surface area contributed by atoms with Crippen LogP contribution in [-0.4, -0.2) is 37.1 Å². The van der Waals surface area contributed by atoms with Gasteiger partial charge in [0, 0.05) is 43.2 Å². The molecule has 0 bridgehead atoms. The second kappa shape index (κ2) is 6.63. The van der Waals surface area contributed by atoms with E-state index in [9.17, 15) is 0 Å². The highest BCUT2D eigenvalue weighted by atomic mass is 16.7.